The number of aromatic hydroxyl groups is 2. The molecule has 5 nitrogen and oxygen atoms in total. The van der Waals surface area contributed by atoms with Crippen molar-refractivity contribution in [3.05, 3.63) is 46.6 Å². The standard InChI is InChI=1S/C16H16O5.Na.H/c1-8(2)3-4-10(17)9-7-13(20)14-11(18)5-6-12(19)15(14)16(9)21;;/h3,5-7,10,17-19H,4H2,1-2H3;;/q;+1;-1/t10-;;/m1../s1. The number of carbonyl (C=O) groups is 2. The van der Waals surface area contributed by atoms with Gasteiger partial charge in [-0.1, -0.05) is 11.6 Å². The number of carbonyl (C=O) groups excluding carboxylic acids is 2. The maximum absolute atomic E-state index is 12.3. The topological polar surface area (TPSA) is 94.8 Å². The van der Waals surface area contributed by atoms with Crippen molar-refractivity contribution >= 4 is 11.6 Å². The Kier molecular flexibility index (Phi) is 6.14. The molecule has 0 unspecified atom stereocenters. The number of hydrogen-bond acceptors (Lipinski definition) is 5. The summed E-state index contributed by atoms with van der Waals surface area (Å²) >= 11 is 0. The number of fused-ring (bicyclic) bond motifs is 1. The number of ketones is 2. The van der Waals surface area contributed by atoms with Gasteiger partial charge in [0.1, 0.15) is 11.5 Å². The molecule has 6 heteroatoms. The van der Waals surface area contributed by atoms with Crippen molar-refractivity contribution in [1.29, 1.82) is 0 Å². The molecule has 0 amide bonds. The van der Waals surface area contributed by atoms with Crippen LogP contribution < -0.4 is 29.6 Å². The molecule has 0 heterocycles. The van der Waals surface area contributed by atoms with E-state index >= 15 is 0 Å². The van der Waals surface area contributed by atoms with Crippen molar-refractivity contribution in [2.24, 2.45) is 0 Å². The molecule has 1 aromatic rings. The summed E-state index contributed by atoms with van der Waals surface area (Å²) < 4.78 is 0. The number of hydrogen-bond donors (Lipinski definition) is 3. The first-order valence-electron chi connectivity index (χ1n) is 6.50. The van der Waals surface area contributed by atoms with Gasteiger partial charge >= 0.3 is 29.6 Å². The molecule has 0 spiro atoms. The molecule has 0 radical (unpaired) electrons. The first-order valence-corrected chi connectivity index (χ1v) is 6.50. The normalized spacial score (nSPS) is 14.6. The van der Waals surface area contributed by atoms with Crippen molar-refractivity contribution in [3.8, 4) is 11.5 Å². The van der Waals surface area contributed by atoms with E-state index < -0.39 is 17.7 Å². The first-order chi connectivity index (χ1) is 9.82. The molecule has 22 heavy (non-hydrogen) atoms. The predicted molar refractivity (Wildman–Crippen MR) is 77.7 cm³/mol. The number of phenolic OH excluding ortho intramolecular Hbond substituents is 2. The van der Waals surface area contributed by atoms with Gasteiger partial charge in [0.05, 0.1) is 17.2 Å². The van der Waals surface area contributed by atoms with Crippen LogP contribution in [0.5, 0.6) is 11.5 Å². The van der Waals surface area contributed by atoms with Gasteiger partial charge in [-0.05, 0) is 38.5 Å². The molecule has 0 saturated heterocycles. The second-order valence-corrected chi connectivity index (χ2v) is 5.18. The second-order valence-electron chi connectivity index (χ2n) is 5.18. The van der Waals surface area contributed by atoms with Gasteiger partial charge in [-0.15, -0.1) is 0 Å². The van der Waals surface area contributed by atoms with Gasteiger partial charge in [0.15, 0.2) is 11.6 Å². The Balaban J connectivity index is 0.00000242. The quantitative estimate of drug-likeness (QED) is 0.387. The van der Waals surface area contributed by atoms with Crippen molar-refractivity contribution in [3.63, 3.8) is 0 Å². The molecule has 0 aliphatic heterocycles. The number of benzene rings is 1. The molecule has 0 aromatic heterocycles. The molecule has 1 aromatic carbocycles. The zero-order valence-electron chi connectivity index (χ0n) is 13.8. The maximum Gasteiger partial charge on any atom is 1.00 e. The zero-order valence-corrected chi connectivity index (χ0v) is 14.8. The Hall–Kier alpha value is -1.40. The van der Waals surface area contributed by atoms with Crippen molar-refractivity contribution in [1.82, 2.24) is 0 Å². The van der Waals surface area contributed by atoms with E-state index in [1.54, 1.807) is 6.08 Å². The predicted octanol–water partition coefficient (Wildman–Crippen LogP) is -0.763. The van der Waals surface area contributed by atoms with Crippen molar-refractivity contribution in [2.75, 3.05) is 0 Å². The van der Waals surface area contributed by atoms with Crippen LogP contribution >= 0.6 is 0 Å². The molecule has 1 atom stereocenters. The van der Waals surface area contributed by atoms with Crippen LogP contribution in [0.1, 0.15) is 42.4 Å². The van der Waals surface area contributed by atoms with E-state index in [1.807, 2.05) is 13.8 Å². The fourth-order valence-corrected chi connectivity index (χ4v) is 2.21. The number of aliphatic hydroxyl groups excluding tert-OH is 1. The van der Waals surface area contributed by atoms with E-state index in [1.165, 1.54) is 0 Å². The molecule has 112 valence electrons. The molecular formula is C16H17NaO5. The minimum absolute atomic E-state index is 0. The van der Waals surface area contributed by atoms with Crippen molar-refractivity contribution in [2.45, 2.75) is 26.4 Å². The van der Waals surface area contributed by atoms with E-state index in [9.17, 15) is 24.9 Å². The van der Waals surface area contributed by atoms with Crippen LogP contribution in [0.3, 0.4) is 0 Å². The summed E-state index contributed by atoms with van der Waals surface area (Å²) in [5.41, 5.74) is 0.419. The number of aliphatic hydroxyl groups is 1. The van der Waals surface area contributed by atoms with Crippen molar-refractivity contribution < 1.29 is 55.9 Å². The van der Waals surface area contributed by atoms with Crippen LogP contribution in [-0.2, 0) is 0 Å². The van der Waals surface area contributed by atoms with Gasteiger partial charge in [-0.25, -0.2) is 0 Å². The minimum Gasteiger partial charge on any atom is -1.00 e. The van der Waals surface area contributed by atoms with Crippen LogP contribution in [0.25, 0.3) is 0 Å². The summed E-state index contributed by atoms with van der Waals surface area (Å²) in [6.45, 7) is 3.71. The van der Waals surface area contributed by atoms with Gasteiger partial charge in [-0.3, -0.25) is 9.59 Å². The van der Waals surface area contributed by atoms with E-state index in [-0.39, 0.29) is 65.6 Å². The van der Waals surface area contributed by atoms with E-state index in [0.717, 1.165) is 23.8 Å². The Morgan fingerprint density at radius 2 is 1.73 bits per heavy atom. The van der Waals surface area contributed by atoms with Crippen LogP contribution in [0.2, 0.25) is 0 Å². The third-order valence-corrected chi connectivity index (χ3v) is 3.29. The van der Waals surface area contributed by atoms with Gasteiger partial charge < -0.3 is 16.7 Å². The zero-order chi connectivity index (χ0) is 15.7. The number of Topliss-reactive ketones (excluding diaryl/α,β-unsaturated/α-hetero) is 1. The Labute approximate surface area is 151 Å². The number of phenols is 2. The summed E-state index contributed by atoms with van der Waals surface area (Å²) in [6, 6.07) is 2.29. The second kappa shape index (κ2) is 7.24. The summed E-state index contributed by atoms with van der Waals surface area (Å²) in [5, 5.41) is 29.5. The van der Waals surface area contributed by atoms with Crippen LogP contribution in [0.4, 0.5) is 0 Å². The van der Waals surface area contributed by atoms with E-state index in [0.29, 0.717) is 0 Å². The summed E-state index contributed by atoms with van der Waals surface area (Å²) in [7, 11) is 0. The maximum atomic E-state index is 12.3. The van der Waals surface area contributed by atoms with Crippen LogP contribution in [-0.4, -0.2) is 33.0 Å². The molecule has 1 aliphatic rings. The van der Waals surface area contributed by atoms with Gasteiger partial charge in [0.25, 0.3) is 0 Å². The van der Waals surface area contributed by atoms with Crippen LogP contribution in [0, 0.1) is 0 Å². The molecule has 0 fully saturated rings. The van der Waals surface area contributed by atoms with Gasteiger partial charge in [0.2, 0.25) is 0 Å². The van der Waals surface area contributed by atoms with Gasteiger partial charge in [-0.2, -0.15) is 0 Å². The van der Waals surface area contributed by atoms with E-state index in [4.69, 9.17) is 0 Å². The molecular weight excluding hydrogens is 295 g/mol. The Morgan fingerprint density at radius 3 is 2.27 bits per heavy atom. The van der Waals surface area contributed by atoms with Crippen LogP contribution in [0.15, 0.2) is 35.4 Å². The minimum atomic E-state index is -1.13. The number of allylic oxidation sites excluding steroid dienone is 2. The largest absolute Gasteiger partial charge is 1.00 e. The van der Waals surface area contributed by atoms with E-state index in [2.05, 4.69) is 0 Å². The summed E-state index contributed by atoms with van der Waals surface area (Å²) in [5.74, 6) is -2.01. The monoisotopic (exact) mass is 312 g/mol. The molecule has 1 aliphatic carbocycles. The third-order valence-electron chi connectivity index (χ3n) is 3.29. The summed E-state index contributed by atoms with van der Waals surface area (Å²) in [4.78, 5) is 24.4. The third kappa shape index (κ3) is 3.50. The SMILES string of the molecule is CC(C)=CC[C@@H](O)C1=CC(=O)c2c(O)ccc(O)c2C1=O.[H-].[Na+]. The Morgan fingerprint density at radius 1 is 1.18 bits per heavy atom. The first kappa shape index (κ1) is 18.6. The molecule has 2 rings (SSSR count). The average molecular weight is 312 g/mol. The number of rotatable bonds is 3. The molecule has 0 bridgehead atoms. The van der Waals surface area contributed by atoms with Gasteiger partial charge in [0, 0.05) is 5.57 Å². The fourth-order valence-electron chi connectivity index (χ4n) is 2.21. The Bertz CT molecular complexity index is 690. The smallest absolute Gasteiger partial charge is 1.00 e. The average Bonchev–Trinajstić information content (AvgIpc) is 2.42. The molecule has 0 saturated carbocycles. The fraction of sp³-hybridized carbons (Fsp3) is 0.250. The summed E-state index contributed by atoms with van der Waals surface area (Å²) in [6.07, 6.45) is 1.84. The molecule has 3 N–H and O–H groups in total.